The Morgan fingerprint density at radius 3 is 2.82 bits per heavy atom. The van der Waals surface area contributed by atoms with Crippen molar-refractivity contribution in [3.8, 4) is 17.2 Å². The lowest BCUT2D eigenvalue weighted by Crippen LogP contribution is -2.15. The fourth-order valence-corrected chi connectivity index (χ4v) is 1.77. The van der Waals surface area contributed by atoms with Crippen LogP contribution < -0.4 is 9.47 Å². The number of rotatable bonds is 4. The van der Waals surface area contributed by atoms with E-state index in [1.807, 2.05) is 0 Å². The Labute approximate surface area is 98.6 Å². The zero-order chi connectivity index (χ0) is 12.3. The Hall–Kier alpha value is -1.91. The Bertz CT molecular complexity index is 427. The van der Waals surface area contributed by atoms with E-state index in [0.29, 0.717) is 43.1 Å². The molecule has 1 heterocycles. The maximum absolute atomic E-state index is 10.4. The van der Waals surface area contributed by atoms with Gasteiger partial charge in [0, 0.05) is 6.42 Å². The summed E-state index contributed by atoms with van der Waals surface area (Å²) in [7, 11) is 0. The molecule has 0 aliphatic carbocycles. The molecule has 0 bridgehead atoms. The van der Waals surface area contributed by atoms with Gasteiger partial charge in [0.15, 0.2) is 11.5 Å². The summed E-state index contributed by atoms with van der Waals surface area (Å²) in [5.41, 5.74) is 0.690. The number of carboxylic acid groups (broad SMARTS) is 1. The molecule has 1 aliphatic rings. The number of fused-ring (bicyclic) bond motifs is 1. The number of aliphatic carboxylic acids is 1. The number of carboxylic acids is 1. The molecule has 2 N–H and O–H groups in total. The molecule has 0 unspecified atom stereocenters. The molecule has 2 rings (SSSR count). The molecule has 1 aromatic carbocycles. The van der Waals surface area contributed by atoms with Gasteiger partial charge in [-0.2, -0.15) is 0 Å². The summed E-state index contributed by atoms with van der Waals surface area (Å²) in [6.45, 7) is 0.893. The fourth-order valence-electron chi connectivity index (χ4n) is 1.77. The number of benzene rings is 1. The third-order valence-corrected chi connectivity index (χ3v) is 2.60. The maximum atomic E-state index is 10.4. The summed E-state index contributed by atoms with van der Waals surface area (Å²) in [5, 5.41) is 18.5. The number of aryl methyl sites for hydroxylation is 1. The molecule has 0 saturated heterocycles. The molecular weight excluding hydrogens is 224 g/mol. The average molecular weight is 238 g/mol. The number of hydrogen-bond acceptors (Lipinski definition) is 4. The molecule has 1 aromatic rings. The molecular formula is C12H14O5. The van der Waals surface area contributed by atoms with Crippen molar-refractivity contribution in [2.45, 2.75) is 19.3 Å². The van der Waals surface area contributed by atoms with Gasteiger partial charge in [0.2, 0.25) is 5.75 Å². The van der Waals surface area contributed by atoms with Crippen LogP contribution in [0.1, 0.15) is 18.4 Å². The fraction of sp³-hybridized carbons (Fsp3) is 0.417. The number of phenols is 1. The van der Waals surface area contributed by atoms with E-state index < -0.39 is 5.97 Å². The van der Waals surface area contributed by atoms with E-state index >= 15 is 0 Å². The predicted molar refractivity (Wildman–Crippen MR) is 59.7 cm³/mol. The van der Waals surface area contributed by atoms with Crippen LogP contribution in [0, 0.1) is 0 Å². The van der Waals surface area contributed by atoms with Crippen molar-refractivity contribution in [1.82, 2.24) is 0 Å². The highest BCUT2D eigenvalue weighted by Gasteiger charge is 2.18. The summed E-state index contributed by atoms with van der Waals surface area (Å²) in [4.78, 5) is 10.4. The van der Waals surface area contributed by atoms with E-state index in [-0.39, 0.29) is 12.2 Å². The monoisotopic (exact) mass is 238 g/mol. The van der Waals surface area contributed by atoms with E-state index in [1.165, 1.54) is 0 Å². The third kappa shape index (κ3) is 2.61. The van der Waals surface area contributed by atoms with Gasteiger partial charge in [-0.15, -0.1) is 0 Å². The van der Waals surface area contributed by atoms with Gasteiger partial charge >= 0.3 is 5.97 Å². The van der Waals surface area contributed by atoms with Gasteiger partial charge in [-0.25, -0.2) is 0 Å². The van der Waals surface area contributed by atoms with E-state index in [9.17, 15) is 9.90 Å². The summed E-state index contributed by atoms with van der Waals surface area (Å²) < 4.78 is 10.7. The van der Waals surface area contributed by atoms with Gasteiger partial charge in [0.05, 0.1) is 0 Å². The topological polar surface area (TPSA) is 76.0 Å². The zero-order valence-corrected chi connectivity index (χ0v) is 9.31. The van der Waals surface area contributed by atoms with E-state index in [0.717, 1.165) is 0 Å². The Balaban J connectivity index is 2.10. The van der Waals surface area contributed by atoms with Gasteiger partial charge in [-0.3, -0.25) is 4.79 Å². The van der Waals surface area contributed by atoms with E-state index in [1.54, 1.807) is 12.1 Å². The van der Waals surface area contributed by atoms with Crippen molar-refractivity contribution in [1.29, 1.82) is 0 Å². The minimum absolute atomic E-state index is 0.0626. The molecule has 0 atom stereocenters. The second-order valence-corrected chi connectivity index (χ2v) is 3.84. The molecule has 0 aromatic heterocycles. The number of ether oxygens (including phenoxy) is 2. The molecule has 0 radical (unpaired) electrons. The second-order valence-electron chi connectivity index (χ2n) is 3.84. The minimum atomic E-state index is -0.831. The number of carbonyl (C=O) groups is 1. The highest BCUT2D eigenvalue weighted by Crippen LogP contribution is 2.41. The zero-order valence-electron chi connectivity index (χ0n) is 9.31. The molecule has 1 aliphatic heterocycles. The van der Waals surface area contributed by atoms with E-state index in [2.05, 4.69) is 0 Å². The van der Waals surface area contributed by atoms with Gasteiger partial charge in [-0.1, -0.05) is 6.07 Å². The van der Waals surface area contributed by atoms with Gasteiger partial charge < -0.3 is 19.7 Å². The molecule has 0 fully saturated rings. The van der Waals surface area contributed by atoms with Crippen LogP contribution in [-0.4, -0.2) is 29.4 Å². The molecule has 0 saturated carbocycles. The summed E-state index contributed by atoms with van der Waals surface area (Å²) >= 11 is 0. The molecule has 92 valence electrons. The molecule has 0 spiro atoms. The lowest BCUT2D eigenvalue weighted by Gasteiger charge is -2.20. The first-order chi connectivity index (χ1) is 8.18. The molecule has 17 heavy (non-hydrogen) atoms. The third-order valence-electron chi connectivity index (χ3n) is 2.60. The Morgan fingerprint density at radius 2 is 2.06 bits per heavy atom. The van der Waals surface area contributed by atoms with Gasteiger partial charge in [0.1, 0.15) is 13.2 Å². The molecule has 5 heteroatoms. The van der Waals surface area contributed by atoms with Crippen LogP contribution in [0.5, 0.6) is 17.2 Å². The van der Waals surface area contributed by atoms with Crippen LogP contribution in [0.3, 0.4) is 0 Å². The largest absolute Gasteiger partial charge is 0.504 e. The van der Waals surface area contributed by atoms with Gasteiger partial charge in [-0.05, 0) is 24.5 Å². The normalized spacial score (nSPS) is 13.4. The summed E-state index contributed by atoms with van der Waals surface area (Å²) in [6.07, 6.45) is 1.09. The Morgan fingerprint density at radius 1 is 1.29 bits per heavy atom. The van der Waals surface area contributed by atoms with Crippen molar-refractivity contribution >= 4 is 5.97 Å². The first-order valence-electron chi connectivity index (χ1n) is 5.50. The van der Waals surface area contributed by atoms with Crippen molar-refractivity contribution in [2.24, 2.45) is 0 Å². The predicted octanol–water partition coefficient (Wildman–Crippen LogP) is 1.57. The highest BCUT2D eigenvalue weighted by molar-refractivity contribution is 5.66. The van der Waals surface area contributed by atoms with Crippen LogP contribution in [0.2, 0.25) is 0 Å². The summed E-state index contributed by atoms with van der Waals surface area (Å²) in [5.74, 6) is 0.134. The van der Waals surface area contributed by atoms with Gasteiger partial charge in [0.25, 0.3) is 0 Å². The van der Waals surface area contributed by atoms with E-state index in [4.69, 9.17) is 14.6 Å². The van der Waals surface area contributed by atoms with Crippen LogP contribution >= 0.6 is 0 Å². The molecule has 5 nitrogen and oxygen atoms in total. The number of hydrogen-bond donors (Lipinski definition) is 2. The van der Waals surface area contributed by atoms with Crippen LogP contribution in [0.4, 0.5) is 0 Å². The first kappa shape index (κ1) is 11.6. The maximum Gasteiger partial charge on any atom is 0.303 e. The Kier molecular flexibility index (Phi) is 3.37. The smallest absolute Gasteiger partial charge is 0.303 e. The van der Waals surface area contributed by atoms with Crippen molar-refractivity contribution < 1.29 is 24.5 Å². The van der Waals surface area contributed by atoms with Crippen molar-refractivity contribution in [3.63, 3.8) is 0 Å². The van der Waals surface area contributed by atoms with Crippen LogP contribution in [0.15, 0.2) is 12.1 Å². The number of phenolic OH excluding ortho intramolecular Hbond substituents is 1. The second kappa shape index (κ2) is 4.95. The van der Waals surface area contributed by atoms with Crippen LogP contribution in [-0.2, 0) is 11.2 Å². The lowest BCUT2D eigenvalue weighted by molar-refractivity contribution is -0.137. The minimum Gasteiger partial charge on any atom is -0.504 e. The SMILES string of the molecule is O=C(O)CCCc1ccc2c(c1O)OCCO2. The lowest BCUT2D eigenvalue weighted by atomic mass is 10.1. The average Bonchev–Trinajstić information content (AvgIpc) is 2.32. The highest BCUT2D eigenvalue weighted by atomic mass is 16.6. The number of aromatic hydroxyl groups is 1. The first-order valence-corrected chi connectivity index (χ1v) is 5.50. The molecule has 0 amide bonds. The van der Waals surface area contributed by atoms with Crippen molar-refractivity contribution in [3.05, 3.63) is 17.7 Å². The van der Waals surface area contributed by atoms with Crippen molar-refractivity contribution in [2.75, 3.05) is 13.2 Å². The summed E-state index contributed by atoms with van der Waals surface area (Å²) in [6, 6.07) is 3.48. The quantitative estimate of drug-likeness (QED) is 0.832. The van der Waals surface area contributed by atoms with Crippen LogP contribution in [0.25, 0.3) is 0 Å². The standard InChI is InChI=1S/C12H14O5/c13-10(14)3-1-2-8-4-5-9-12(11(8)15)17-7-6-16-9/h4-5,15H,1-3,6-7H2,(H,13,14).